The third-order valence-corrected chi connectivity index (χ3v) is 3.96. The number of amides is 5. The molecule has 2 N–H and O–H groups in total. The van der Waals surface area contributed by atoms with Crippen molar-refractivity contribution in [3.8, 4) is 0 Å². The summed E-state index contributed by atoms with van der Waals surface area (Å²) in [4.78, 5) is 50.8. The minimum Gasteiger partial charge on any atom is -0.352 e. The van der Waals surface area contributed by atoms with Gasteiger partial charge in [0.25, 0.3) is 5.91 Å². The van der Waals surface area contributed by atoms with Crippen LogP contribution in [0.3, 0.4) is 0 Å². The number of urea groups is 1. The first-order valence-electron chi connectivity index (χ1n) is 8.48. The van der Waals surface area contributed by atoms with Crippen LogP contribution in [0.5, 0.6) is 0 Å². The van der Waals surface area contributed by atoms with Crippen LogP contribution >= 0.6 is 0 Å². The summed E-state index contributed by atoms with van der Waals surface area (Å²) in [5, 5.41) is 5.06. The summed E-state index contributed by atoms with van der Waals surface area (Å²) >= 11 is 0. The van der Waals surface area contributed by atoms with Gasteiger partial charge < -0.3 is 10.6 Å². The SMILES string of the molecule is Cc1ccc(N2C(=O)N(CC(=O)NCC(=O)NC(C)C)C(=O)[C@@H]2C)cc1. The average Bonchev–Trinajstić information content (AvgIpc) is 2.77. The van der Waals surface area contributed by atoms with Crippen molar-refractivity contribution in [2.24, 2.45) is 0 Å². The fraction of sp³-hybridized carbons (Fsp3) is 0.444. The molecule has 0 saturated carbocycles. The first kappa shape index (κ1) is 19.4. The van der Waals surface area contributed by atoms with E-state index >= 15 is 0 Å². The molecule has 1 saturated heterocycles. The van der Waals surface area contributed by atoms with Crippen LogP contribution in [0.4, 0.5) is 10.5 Å². The standard InChI is InChI=1S/C18H24N4O4/c1-11(2)20-15(23)9-19-16(24)10-21-17(25)13(4)22(18(21)26)14-7-5-12(3)6-8-14/h5-8,11,13H,9-10H2,1-4H3,(H,19,24)(H,20,23)/t13-/m0/s1. The van der Waals surface area contributed by atoms with E-state index in [1.807, 2.05) is 32.9 Å². The van der Waals surface area contributed by atoms with Crippen molar-refractivity contribution in [3.05, 3.63) is 29.8 Å². The number of anilines is 1. The molecule has 0 spiro atoms. The van der Waals surface area contributed by atoms with Crippen LogP contribution in [0, 0.1) is 6.92 Å². The monoisotopic (exact) mass is 360 g/mol. The van der Waals surface area contributed by atoms with E-state index in [0.717, 1.165) is 10.5 Å². The molecule has 8 nitrogen and oxygen atoms in total. The first-order chi connectivity index (χ1) is 12.2. The summed E-state index contributed by atoms with van der Waals surface area (Å²) in [6.45, 7) is 6.54. The maximum atomic E-state index is 12.6. The lowest BCUT2D eigenvalue weighted by atomic mass is 10.2. The molecular formula is C18H24N4O4. The lowest BCUT2D eigenvalue weighted by Gasteiger charge is -2.19. The summed E-state index contributed by atoms with van der Waals surface area (Å²) in [6, 6.07) is 5.94. The van der Waals surface area contributed by atoms with E-state index in [9.17, 15) is 19.2 Å². The Morgan fingerprint density at radius 1 is 1.12 bits per heavy atom. The summed E-state index contributed by atoms with van der Waals surface area (Å²) in [5.74, 6) is -1.34. The lowest BCUT2D eigenvalue weighted by Crippen LogP contribution is -2.45. The van der Waals surface area contributed by atoms with Gasteiger partial charge in [0.1, 0.15) is 12.6 Å². The van der Waals surface area contributed by atoms with E-state index in [-0.39, 0.29) is 18.5 Å². The van der Waals surface area contributed by atoms with E-state index in [2.05, 4.69) is 10.6 Å². The van der Waals surface area contributed by atoms with Crippen molar-refractivity contribution < 1.29 is 19.2 Å². The predicted molar refractivity (Wildman–Crippen MR) is 96.5 cm³/mol. The van der Waals surface area contributed by atoms with Crippen molar-refractivity contribution in [3.63, 3.8) is 0 Å². The number of nitrogens with one attached hydrogen (secondary N) is 2. The van der Waals surface area contributed by atoms with Crippen LogP contribution in [0.1, 0.15) is 26.3 Å². The van der Waals surface area contributed by atoms with Gasteiger partial charge in [-0.2, -0.15) is 0 Å². The number of hydrogen-bond acceptors (Lipinski definition) is 4. The topological polar surface area (TPSA) is 98.8 Å². The molecule has 0 aromatic heterocycles. The second kappa shape index (κ2) is 7.99. The molecule has 0 aliphatic carbocycles. The molecule has 8 heteroatoms. The van der Waals surface area contributed by atoms with Crippen LogP contribution < -0.4 is 15.5 Å². The van der Waals surface area contributed by atoms with Gasteiger partial charge in [0, 0.05) is 11.7 Å². The van der Waals surface area contributed by atoms with Crippen LogP contribution in [0.15, 0.2) is 24.3 Å². The van der Waals surface area contributed by atoms with Crippen molar-refractivity contribution in [1.29, 1.82) is 0 Å². The summed E-state index contributed by atoms with van der Waals surface area (Å²) in [6.07, 6.45) is 0. The third-order valence-electron chi connectivity index (χ3n) is 3.96. The van der Waals surface area contributed by atoms with Crippen LogP contribution in [-0.2, 0) is 14.4 Å². The largest absolute Gasteiger partial charge is 0.352 e. The summed E-state index contributed by atoms with van der Waals surface area (Å²) in [5.41, 5.74) is 1.64. The Kier molecular flexibility index (Phi) is 5.97. The van der Waals surface area contributed by atoms with Gasteiger partial charge in [-0.1, -0.05) is 17.7 Å². The molecule has 1 aromatic carbocycles. The zero-order valence-corrected chi connectivity index (χ0v) is 15.4. The molecular weight excluding hydrogens is 336 g/mol. The minimum absolute atomic E-state index is 0.0370. The number of carbonyl (C=O) groups excluding carboxylic acids is 4. The van der Waals surface area contributed by atoms with Crippen LogP contribution in [0.25, 0.3) is 0 Å². The van der Waals surface area contributed by atoms with E-state index in [1.54, 1.807) is 19.1 Å². The quantitative estimate of drug-likeness (QED) is 0.733. The Bertz CT molecular complexity index is 714. The van der Waals surface area contributed by atoms with Gasteiger partial charge >= 0.3 is 6.03 Å². The molecule has 0 unspecified atom stereocenters. The Balaban J connectivity index is 2.00. The molecule has 1 heterocycles. The molecule has 1 aliphatic heterocycles. The number of rotatable bonds is 6. The molecule has 1 fully saturated rings. The molecule has 2 rings (SSSR count). The van der Waals surface area contributed by atoms with Gasteiger partial charge in [-0.3, -0.25) is 24.2 Å². The van der Waals surface area contributed by atoms with E-state index in [1.165, 1.54) is 4.90 Å². The fourth-order valence-corrected chi connectivity index (χ4v) is 2.66. The highest BCUT2D eigenvalue weighted by atomic mass is 16.2. The van der Waals surface area contributed by atoms with Crippen molar-refractivity contribution in [2.45, 2.75) is 39.8 Å². The molecule has 5 amide bonds. The molecule has 1 atom stereocenters. The zero-order valence-electron chi connectivity index (χ0n) is 15.4. The van der Waals surface area contributed by atoms with E-state index < -0.39 is 30.4 Å². The maximum Gasteiger partial charge on any atom is 0.332 e. The number of hydrogen-bond donors (Lipinski definition) is 2. The molecule has 26 heavy (non-hydrogen) atoms. The van der Waals surface area contributed by atoms with Gasteiger partial charge in [-0.05, 0) is 39.8 Å². The number of nitrogens with zero attached hydrogens (tertiary/aromatic N) is 2. The normalized spacial score (nSPS) is 17.0. The van der Waals surface area contributed by atoms with Crippen LogP contribution in [0.2, 0.25) is 0 Å². The van der Waals surface area contributed by atoms with Crippen molar-refractivity contribution in [2.75, 3.05) is 18.0 Å². The minimum atomic E-state index is -0.692. The molecule has 140 valence electrons. The Morgan fingerprint density at radius 3 is 2.31 bits per heavy atom. The maximum absolute atomic E-state index is 12.6. The van der Waals surface area contributed by atoms with Gasteiger partial charge in [-0.25, -0.2) is 4.79 Å². The van der Waals surface area contributed by atoms with Crippen molar-refractivity contribution >= 4 is 29.4 Å². The summed E-state index contributed by atoms with van der Waals surface area (Å²) in [7, 11) is 0. The van der Waals surface area contributed by atoms with Crippen LogP contribution in [-0.4, -0.2) is 53.8 Å². The summed E-state index contributed by atoms with van der Waals surface area (Å²) < 4.78 is 0. The Morgan fingerprint density at radius 2 is 1.73 bits per heavy atom. The average molecular weight is 360 g/mol. The van der Waals surface area contributed by atoms with Gasteiger partial charge in [0.15, 0.2) is 0 Å². The number of imide groups is 1. The third kappa shape index (κ3) is 4.38. The highest BCUT2D eigenvalue weighted by molar-refractivity contribution is 6.15. The second-order valence-corrected chi connectivity index (χ2v) is 6.59. The second-order valence-electron chi connectivity index (χ2n) is 6.59. The zero-order chi connectivity index (χ0) is 19.4. The highest BCUT2D eigenvalue weighted by Gasteiger charge is 2.43. The first-order valence-corrected chi connectivity index (χ1v) is 8.48. The van der Waals surface area contributed by atoms with E-state index in [0.29, 0.717) is 5.69 Å². The van der Waals surface area contributed by atoms with E-state index in [4.69, 9.17) is 0 Å². The molecule has 0 bridgehead atoms. The predicted octanol–water partition coefficient (Wildman–Crippen LogP) is 0.793. The number of carbonyl (C=O) groups is 4. The Labute approximate surface area is 152 Å². The van der Waals surface area contributed by atoms with Gasteiger partial charge in [0.05, 0.1) is 6.54 Å². The van der Waals surface area contributed by atoms with Gasteiger partial charge in [0.2, 0.25) is 11.8 Å². The number of benzene rings is 1. The Hall–Kier alpha value is -2.90. The molecule has 1 aromatic rings. The molecule has 1 aliphatic rings. The smallest absolute Gasteiger partial charge is 0.332 e. The number of aryl methyl sites for hydroxylation is 1. The van der Waals surface area contributed by atoms with Gasteiger partial charge in [-0.15, -0.1) is 0 Å². The highest BCUT2D eigenvalue weighted by Crippen LogP contribution is 2.25. The van der Waals surface area contributed by atoms with Crippen molar-refractivity contribution in [1.82, 2.24) is 15.5 Å². The lowest BCUT2D eigenvalue weighted by molar-refractivity contribution is -0.132. The molecule has 0 radical (unpaired) electrons. The fourth-order valence-electron chi connectivity index (χ4n) is 2.66.